The molecule has 1 atom stereocenters. The van der Waals surface area contributed by atoms with Crippen molar-refractivity contribution < 1.29 is 5.11 Å². The van der Waals surface area contributed by atoms with Crippen molar-refractivity contribution in [2.75, 3.05) is 26.2 Å². The summed E-state index contributed by atoms with van der Waals surface area (Å²) in [5.41, 5.74) is 0.847. The minimum absolute atomic E-state index is 0. The zero-order chi connectivity index (χ0) is 12.8. The number of benzene rings is 1. The highest BCUT2D eigenvalue weighted by Gasteiger charge is 2.26. The van der Waals surface area contributed by atoms with Gasteiger partial charge >= 0.3 is 0 Å². The fourth-order valence-electron chi connectivity index (χ4n) is 2.02. The van der Waals surface area contributed by atoms with Gasteiger partial charge in [-0.2, -0.15) is 0 Å². The highest BCUT2D eigenvalue weighted by molar-refractivity contribution is 14.0. The quantitative estimate of drug-likeness (QED) is 0.700. The van der Waals surface area contributed by atoms with E-state index in [4.69, 9.17) is 0 Å². The Bertz CT molecular complexity index is 410. The molecule has 106 valence electrons. The van der Waals surface area contributed by atoms with Gasteiger partial charge in [0.05, 0.1) is 6.61 Å². The van der Waals surface area contributed by atoms with E-state index in [0.717, 1.165) is 31.0 Å². The van der Waals surface area contributed by atoms with E-state index in [0.29, 0.717) is 6.54 Å². The van der Waals surface area contributed by atoms with Crippen LogP contribution in [0.4, 0.5) is 0 Å². The molecule has 19 heavy (non-hydrogen) atoms. The van der Waals surface area contributed by atoms with Gasteiger partial charge in [0.15, 0.2) is 5.96 Å². The van der Waals surface area contributed by atoms with Gasteiger partial charge in [0, 0.05) is 25.0 Å². The molecule has 0 amide bonds. The van der Waals surface area contributed by atoms with Crippen molar-refractivity contribution >= 4 is 29.9 Å². The fourth-order valence-corrected chi connectivity index (χ4v) is 2.02. The first-order valence-corrected chi connectivity index (χ1v) is 6.43. The van der Waals surface area contributed by atoms with Crippen LogP contribution in [0.3, 0.4) is 0 Å². The fraction of sp³-hybridized carbons (Fsp3) is 0.500. The number of nitrogens with one attached hydrogen (secondary N) is 2. The number of aliphatic imine (C=N–C) groups is 1. The van der Waals surface area contributed by atoms with E-state index in [2.05, 4.69) is 22.5 Å². The zero-order valence-corrected chi connectivity index (χ0v) is 13.6. The summed E-state index contributed by atoms with van der Waals surface area (Å²) in [5, 5.41) is 16.2. The lowest BCUT2D eigenvalue weighted by atomic mass is 9.83. The van der Waals surface area contributed by atoms with Crippen molar-refractivity contribution in [3.05, 3.63) is 35.9 Å². The summed E-state index contributed by atoms with van der Waals surface area (Å²) < 4.78 is 0. The van der Waals surface area contributed by atoms with Crippen molar-refractivity contribution in [3.63, 3.8) is 0 Å². The first-order chi connectivity index (χ1) is 8.74. The third-order valence-electron chi connectivity index (χ3n) is 3.36. The molecule has 4 nitrogen and oxygen atoms in total. The lowest BCUT2D eigenvalue weighted by molar-refractivity contribution is 0.206. The lowest BCUT2D eigenvalue weighted by Gasteiger charge is -2.29. The maximum absolute atomic E-state index is 9.67. The second-order valence-electron chi connectivity index (χ2n) is 4.95. The van der Waals surface area contributed by atoms with Crippen LogP contribution in [0, 0.1) is 0 Å². The van der Waals surface area contributed by atoms with Gasteiger partial charge in [-0.3, -0.25) is 4.99 Å². The molecule has 0 aliphatic carbocycles. The van der Waals surface area contributed by atoms with Crippen LogP contribution in [0.15, 0.2) is 35.3 Å². The van der Waals surface area contributed by atoms with Gasteiger partial charge in [-0.25, -0.2) is 0 Å². The molecule has 0 aromatic heterocycles. The molecule has 2 rings (SSSR count). The van der Waals surface area contributed by atoms with Crippen LogP contribution < -0.4 is 10.6 Å². The Hall–Kier alpha value is -0.820. The third-order valence-corrected chi connectivity index (χ3v) is 3.36. The predicted octanol–water partition coefficient (Wildman–Crippen LogP) is 1.49. The molecule has 5 heteroatoms. The Morgan fingerprint density at radius 3 is 2.68 bits per heavy atom. The molecule has 1 aliphatic heterocycles. The molecule has 0 saturated carbocycles. The van der Waals surface area contributed by atoms with Gasteiger partial charge in [0.25, 0.3) is 0 Å². The van der Waals surface area contributed by atoms with E-state index in [9.17, 15) is 5.11 Å². The maximum Gasteiger partial charge on any atom is 0.191 e. The predicted molar refractivity (Wildman–Crippen MR) is 89.2 cm³/mol. The number of guanidine groups is 1. The van der Waals surface area contributed by atoms with Crippen molar-refractivity contribution in [1.29, 1.82) is 0 Å². The van der Waals surface area contributed by atoms with Crippen LogP contribution in [0.25, 0.3) is 0 Å². The average Bonchev–Trinajstić information content (AvgIpc) is 2.47. The number of halogens is 1. The molecule has 0 radical (unpaired) electrons. The number of hydrogen-bond donors (Lipinski definition) is 3. The molecule has 1 aromatic rings. The summed E-state index contributed by atoms with van der Waals surface area (Å²) in [4.78, 5) is 4.37. The second kappa shape index (κ2) is 7.69. The number of rotatable bonds is 4. The van der Waals surface area contributed by atoms with Gasteiger partial charge in [-0.05, 0) is 12.0 Å². The van der Waals surface area contributed by atoms with Crippen LogP contribution >= 0.6 is 24.0 Å². The number of aliphatic hydroxyl groups excluding tert-OH is 1. The molecule has 0 fully saturated rings. The molecule has 1 heterocycles. The summed E-state index contributed by atoms with van der Waals surface area (Å²) in [6, 6.07) is 10.1. The van der Waals surface area contributed by atoms with E-state index in [1.165, 1.54) is 0 Å². The molecule has 3 N–H and O–H groups in total. The van der Waals surface area contributed by atoms with Crippen LogP contribution in [0.2, 0.25) is 0 Å². The first kappa shape index (κ1) is 16.2. The summed E-state index contributed by atoms with van der Waals surface area (Å²) in [5.74, 6) is 0.844. The van der Waals surface area contributed by atoms with Gasteiger partial charge in [-0.15, -0.1) is 24.0 Å². The van der Waals surface area contributed by atoms with E-state index in [-0.39, 0.29) is 36.0 Å². The molecule has 1 aliphatic rings. The molecule has 1 unspecified atom stereocenters. The minimum atomic E-state index is -0.289. The van der Waals surface area contributed by atoms with Crippen LogP contribution in [0.5, 0.6) is 0 Å². The Labute approximate surface area is 131 Å². The Morgan fingerprint density at radius 1 is 1.37 bits per heavy atom. The molecular weight excluding hydrogens is 353 g/mol. The largest absolute Gasteiger partial charge is 0.395 e. The summed E-state index contributed by atoms with van der Waals surface area (Å²) >= 11 is 0. The summed E-state index contributed by atoms with van der Waals surface area (Å²) in [6.45, 7) is 4.67. The highest BCUT2D eigenvalue weighted by atomic mass is 127. The SMILES string of the molecule is CC(CO)(CNC1=NCCCN1)c1ccccc1.I. The molecule has 0 bridgehead atoms. The highest BCUT2D eigenvalue weighted by Crippen LogP contribution is 2.21. The monoisotopic (exact) mass is 375 g/mol. The number of nitrogens with zero attached hydrogens (tertiary/aromatic N) is 1. The van der Waals surface area contributed by atoms with E-state index in [1.807, 2.05) is 30.3 Å². The molecular formula is C14H22IN3O. The maximum atomic E-state index is 9.67. The minimum Gasteiger partial charge on any atom is -0.395 e. The summed E-state index contributed by atoms with van der Waals surface area (Å²) in [7, 11) is 0. The Kier molecular flexibility index (Phi) is 6.57. The second-order valence-corrected chi connectivity index (χ2v) is 4.95. The van der Waals surface area contributed by atoms with Crippen LogP contribution in [-0.4, -0.2) is 37.3 Å². The standard InChI is InChI=1S/C14H21N3O.HI/c1-14(11-18,12-6-3-2-4-7-12)10-17-13-15-8-5-9-16-13;/h2-4,6-7,18H,5,8-11H2,1H3,(H2,15,16,17);1H. The van der Waals surface area contributed by atoms with Crippen molar-refractivity contribution in [2.45, 2.75) is 18.8 Å². The van der Waals surface area contributed by atoms with Crippen LogP contribution in [-0.2, 0) is 5.41 Å². The number of aliphatic hydroxyl groups is 1. The van der Waals surface area contributed by atoms with Crippen molar-refractivity contribution in [1.82, 2.24) is 10.6 Å². The van der Waals surface area contributed by atoms with Crippen molar-refractivity contribution in [2.24, 2.45) is 4.99 Å². The molecule has 1 aromatic carbocycles. The van der Waals surface area contributed by atoms with Crippen molar-refractivity contribution in [3.8, 4) is 0 Å². The van der Waals surface area contributed by atoms with E-state index < -0.39 is 0 Å². The first-order valence-electron chi connectivity index (χ1n) is 6.43. The number of hydrogen-bond acceptors (Lipinski definition) is 4. The third kappa shape index (κ3) is 4.35. The topological polar surface area (TPSA) is 56.6 Å². The Morgan fingerprint density at radius 2 is 2.11 bits per heavy atom. The molecule has 0 saturated heterocycles. The van der Waals surface area contributed by atoms with Gasteiger partial charge < -0.3 is 15.7 Å². The van der Waals surface area contributed by atoms with Gasteiger partial charge in [0.2, 0.25) is 0 Å². The average molecular weight is 375 g/mol. The van der Waals surface area contributed by atoms with Gasteiger partial charge in [0.1, 0.15) is 0 Å². The molecule has 0 spiro atoms. The van der Waals surface area contributed by atoms with Gasteiger partial charge in [-0.1, -0.05) is 37.3 Å². The Balaban J connectivity index is 0.00000180. The van der Waals surface area contributed by atoms with Crippen LogP contribution in [0.1, 0.15) is 18.9 Å². The summed E-state index contributed by atoms with van der Waals surface area (Å²) in [6.07, 6.45) is 1.08. The normalized spacial score (nSPS) is 17.5. The zero-order valence-electron chi connectivity index (χ0n) is 11.2. The van der Waals surface area contributed by atoms with E-state index in [1.54, 1.807) is 0 Å². The van der Waals surface area contributed by atoms with E-state index >= 15 is 0 Å². The smallest absolute Gasteiger partial charge is 0.191 e. The lowest BCUT2D eigenvalue weighted by Crippen LogP contribution is -2.47.